The number of carbonyl (C=O) groups excluding carboxylic acids is 3. The van der Waals surface area contributed by atoms with Crippen LogP contribution in [0.3, 0.4) is 0 Å². The van der Waals surface area contributed by atoms with Crippen LogP contribution in [0, 0.1) is 5.92 Å². The number of methoxy groups -OCH3 is 1. The molecule has 1 aromatic carbocycles. The van der Waals surface area contributed by atoms with Crippen LogP contribution in [0.25, 0.3) is 0 Å². The minimum atomic E-state index is -0.980. The molecule has 0 saturated carbocycles. The number of amides is 3. The Balaban J connectivity index is 2.12. The van der Waals surface area contributed by atoms with Gasteiger partial charge in [0.05, 0.1) is 26.4 Å². The smallest absolute Gasteiger partial charge is 0.418 e. The molecule has 1 aliphatic rings. The van der Waals surface area contributed by atoms with Gasteiger partial charge in [-0.05, 0) is 45.2 Å². The highest BCUT2D eigenvalue weighted by molar-refractivity contribution is 6.11. The van der Waals surface area contributed by atoms with Crippen LogP contribution in [0.4, 0.5) is 9.59 Å². The molecule has 8 nitrogen and oxygen atoms in total. The fourth-order valence-electron chi connectivity index (χ4n) is 5.64. The molecular formula is C33H52N2O6. The van der Waals surface area contributed by atoms with Gasteiger partial charge in [0.25, 0.3) is 0 Å². The normalized spacial score (nSPS) is 16.9. The number of urea groups is 1. The number of aryl methyl sites for hydroxylation is 1. The second kappa shape index (κ2) is 19.3. The molecule has 0 radical (unpaired) electrons. The molecule has 2 unspecified atom stereocenters. The van der Waals surface area contributed by atoms with Crippen molar-refractivity contribution in [1.29, 1.82) is 0 Å². The summed E-state index contributed by atoms with van der Waals surface area (Å²) in [7, 11) is 1.55. The molecule has 0 aliphatic carbocycles. The minimum Gasteiger partial charge on any atom is -0.496 e. The van der Waals surface area contributed by atoms with E-state index in [4.69, 9.17) is 14.2 Å². The molecule has 230 valence electrons. The molecule has 1 aliphatic heterocycles. The lowest BCUT2D eigenvalue weighted by molar-refractivity contribution is -0.147. The number of benzene rings is 1. The number of aliphatic imine (C=N–C) groups is 1. The van der Waals surface area contributed by atoms with Crippen LogP contribution in [-0.4, -0.2) is 49.0 Å². The van der Waals surface area contributed by atoms with Gasteiger partial charge in [-0.15, -0.1) is 0 Å². The second-order valence-electron chi connectivity index (χ2n) is 10.8. The molecular weight excluding hydrogens is 520 g/mol. The molecule has 3 amide bonds. The van der Waals surface area contributed by atoms with Crippen molar-refractivity contribution in [2.45, 2.75) is 124 Å². The lowest BCUT2D eigenvalue weighted by atomic mass is 9.83. The van der Waals surface area contributed by atoms with Crippen molar-refractivity contribution in [1.82, 2.24) is 4.90 Å². The Labute approximate surface area is 247 Å². The van der Waals surface area contributed by atoms with Crippen LogP contribution in [0.5, 0.6) is 5.75 Å². The number of ether oxygens (including phenoxy) is 3. The number of nitrogens with zero attached hydrogens (tertiary/aromatic N) is 2. The summed E-state index contributed by atoms with van der Waals surface area (Å²) in [6.07, 6.45) is 16.4. The van der Waals surface area contributed by atoms with Crippen LogP contribution in [0.15, 0.2) is 23.2 Å². The van der Waals surface area contributed by atoms with E-state index in [-0.39, 0.29) is 13.2 Å². The fourth-order valence-corrected chi connectivity index (χ4v) is 5.64. The average molecular weight is 573 g/mol. The highest BCUT2D eigenvalue weighted by Gasteiger charge is 2.48. The summed E-state index contributed by atoms with van der Waals surface area (Å²) in [4.78, 5) is 44.3. The van der Waals surface area contributed by atoms with E-state index in [0.717, 1.165) is 29.7 Å². The first kappa shape index (κ1) is 34.3. The minimum absolute atomic E-state index is 0.0832. The maximum Gasteiger partial charge on any atom is 0.418 e. The van der Waals surface area contributed by atoms with Crippen molar-refractivity contribution in [3.63, 3.8) is 0 Å². The summed E-state index contributed by atoms with van der Waals surface area (Å²) in [5.41, 5.74) is 1.86. The van der Waals surface area contributed by atoms with Gasteiger partial charge in [0, 0.05) is 11.3 Å². The van der Waals surface area contributed by atoms with Crippen LogP contribution < -0.4 is 4.74 Å². The van der Waals surface area contributed by atoms with Crippen LogP contribution >= 0.6 is 0 Å². The highest BCUT2D eigenvalue weighted by Crippen LogP contribution is 2.42. The third kappa shape index (κ3) is 10.5. The number of esters is 1. The van der Waals surface area contributed by atoms with Gasteiger partial charge in [-0.25, -0.2) is 19.5 Å². The Morgan fingerprint density at radius 2 is 1.39 bits per heavy atom. The molecule has 0 spiro atoms. The summed E-state index contributed by atoms with van der Waals surface area (Å²) in [5.74, 6) is -0.995. The zero-order chi connectivity index (χ0) is 30.0. The zero-order valence-corrected chi connectivity index (χ0v) is 26.0. The van der Waals surface area contributed by atoms with E-state index in [0.29, 0.717) is 17.0 Å². The molecule has 1 heterocycles. The van der Waals surface area contributed by atoms with E-state index in [1.807, 2.05) is 12.1 Å². The molecule has 0 fully saturated rings. The van der Waals surface area contributed by atoms with Gasteiger partial charge >= 0.3 is 18.1 Å². The van der Waals surface area contributed by atoms with Gasteiger partial charge in [0.15, 0.2) is 0 Å². The highest BCUT2D eigenvalue weighted by atomic mass is 16.6. The molecule has 0 bridgehead atoms. The first-order valence-electron chi connectivity index (χ1n) is 15.8. The van der Waals surface area contributed by atoms with E-state index in [2.05, 4.69) is 11.9 Å². The first-order valence-corrected chi connectivity index (χ1v) is 15.8. The molecule has 1 aromatic rings. The number of rotatable bonds is 19. The molecule has 41 heavy (non-hydrogen) atoms. The summed E-state index contributed by atoms with van der Waals surface area (Å²) in [6.45, 7) is 7.52. The van der Waals surface area contributed by atoms with E-state index >= 15 is 0 Å². The Morgan fingerprint density at radius 1 is 0.829 bits per heavy atom. The Kier molecular flexibility index (Phi) is 16.1. The number of imide groups is 1. The topological polar surface area (TPSA) is 94.5 Å². The summed E-state index contributed by atoms with van der Waals surface area (Å²) in [5, 5.41) is 0. The lowest BCUT2D eigenvalue weighted by Gasteiger charge is -2.37. The molecule has 2 rings (SSSR count). The van der Waals surface area contributed by atoms with E-state index < -0.39 is 30.1 Å². The van der Waals surface area contributed by atoms with Crippen molar-refractivity contribution in [2.24, 2.45) is 10.9 Å². The molecule has 0 saturated heterocycles. The quantitative estimate of drug-likeness (QED) is 0.122. The van der Waals surface area contributed by atoms with Crippen molar-refractivity contribution in [3.8, 4) is 5.75 Å². The maximum absolute atomic E-state index is 13.2. The average Bonchev–Trinajstić information content (AvgIpc) is 2.95. The third-order valence-corrected chi connectivity index (χ3v) is 7.75. The maximum atomic E-state index is 13.2. The Hall–Kier alpha value is -2.90. The van der Waals surface area contributed by atoms with E-state index in [9.17, 15) is 14.4 Å². The van der Waals surface area contributed by atoms with Gasteiger partial charge in [0.2, 0.25) is 0 Å². The Morgan fingerprint density at radius 3 is 1.93 bits per heavy atom. The number of hydrogen-bond acceptors (Lipinski definition) is 6. The van der Waals surface area contributed by atoms with Crippen LogP contribution in [0.2, 0.25) is 0 Å². The lowest BCUT2D eigenvalue weighted by Crippen LogP contribution is -2.50. The SMILES string of the molecule is CCCCCCCCCCCCCCCc1cccc(OC)c1C1C(C(=O)OCC)C(C)=NC(=O)N1C(=O)OCC. The largest absolute Gasteiger partial charge is 0.496 e. The van der Waals surface area contributed by atoms with E-state index in [1.165, 1.54) is 70.6 Å². The van der Waals surface area contributed by atoms with Crippen molar-refractivity contribution < 1.29 is 28.6 Å². The Bertz CT molecular complexity index is 992. The molecule has 2 atom stereocenters. The fraction of sp³-hybridized carbons (Fsp3) is 0.697. The monoisotopic (exact) mass is 572 g/mol. The second-order valence-corrected chi connectivity index (χ2v) is 10.8. The van der Waals surface area contributed by atoms with Crippen LogP contribution in [-0.2, 0) is 20.7 Å². The predicted octanol–water partition coefficient (Wildman–Crippen LogP) is 8.60. The number of hydrogen-bond donors (Lipinski definition) is 0. The van der Waals surface area contributed by atoms with Gasteiger partial charge < -0.3 is 14.2 Å². The number of unbranched alkanes of at least 4 members (excludes halogenated alkanes) is 12. The standard InChI is InChI=1S/C33H52N2O6/c1-6-9-10-11-12-13-14-15-16-17-18-19-20-22-26-23-21-24-27(39-5)29(26)30-28(31(36)40-7-2)25(4)34-32(37)35(30)33(38)41-8-3/h21,23-24,28,30H,6-20,22H2,1-5H3. The number of carbonyl (C=O) groups is 3. The van der Waals surface area contributed by atoms with Crippen molar-refractivity contribution in [2.75, 3.05) is 20.3 Å². The third-order valence-electron chi connectivity index (χ3n) is 7.75. The van der Waals surface area contributed by atoms with Gasteiger partial charge in [-0.3, -0.25) is 4.79 Å². The molecule has 8 heteroatoms. The van der Waals surface area contributed by atoms with E-state index in [1.54, 1.807) is 33.9 Å². The predicted molar refractivity (Wildman–Crippen MR) is 163 cm³/mol. The van der Waals surface area contributed by atoms with Gasteiger partial charge in [-0.2, -0.15) is 0 Å². The first-order chi connectivity index (χ1) is 19.9. The van der Waals surface area contributed by atoms with Crippen LogP contribution in [0.1, 0.15) is 128 Å². The summed E-state index contributed by atoms with van der Waals surface area (Å²) < 4.78 is 16.3. The molecule has 0 aromatic heterocycles. The van der Waals surface area contributed by atoms with Gasteiger partial charge in [-0.1, -0.05) is 96.1 Å². The van der Waals surface area contributed by atoms with Gasteiger partial charge in [0.1, 0.15) is 11.7 Å². The summed E-state index contributed by atoms with van der Waals surface area (Å²) >= 11 is 0. The zero-order valence-electron chi connectivity index (χ0n) is 26.0. The summed E-state index contributed by atoms with van der Waals surface area (Å²) in [6, 6.07) is 3.94. The molecule has 0 N–H and O–H groups in total. The van der Waals surface area contributed by atoms with Crippen molar-refractivity contribution >= 4 is 23.8 Å². The van der Waals surface area contributed by atoms with Crippen molar-refractivity contribution in [3.05, 3.63) is 29.3 Å².